The van der Waals surface area contributed by atoms with Gasteiger partial charge in [-0.25, -0.2) is 4.98 Å². The molecule has 5 nitrogen and oxygen atoms in total. The lowest BCUT2D eigenvalue weighted by Crippen LogP contribution is -2.05. The summed E-state index contributed by atoms with van der Waals surface area (Å²) in [6.07, 6.45) is -3.19. The lowest BCUT2D eigenvalue weighted by Gasteiger charge is -2.10. The molecule has 0 bridgehead atoms. The highest BCUT2D eigenvalue weighted by molar-refractivity contribution is 5.61. The summed E-state index contributed by atoms with van der Waals surface area (Å²) in [6.45, 7) is -0.393. The van der Waals surface area contributed by atoms with Crippen molar-refractivity contribution in [1.82, 2.24) is 9.97 Å². The van der Waals surface area contributed by atoms with Gasteiger partial charge in [0, 0.05) is 24.0 Å². The van der Waals surface area contributed by atoms with Crippen LogP contribution in [0.3, 0.4) is 0 Å². The molecule has 2 N–H and O–H groups in total. The number of rotatable bonds is 5. The van der Waals surface area contributed by atoms with Crippen LogP contribution in [0.4, 0.5) is 13.2 Å². The fourth-order valence-corrected chi connectivity index (χ4v) is 2.34. The first-order chi connectivity index (χ1) is 12.9. The van der Waals surface area contributed by atoms with Gasteiger partial charge in [0.1, 0.15) is 11.9 Å². The van der Waals surface area contributed by atoms with Crippen LogP contribution in [-0.4, -0.2) is 26.8 Å². The van der Waals surface area contributed by atoms with E-state index in [2.05, 4.69) is 9.97 Å². The number of hydrogen-bond donors (Lipinski definition) is 2. The van der Waals surface area contributed by atoms with E-state index in [9.17, 15) is 18.3 Å². The van der Waals surface area contributed by atoms with Gasteiger partial charge in [-0.15, -0.1) is 0 Å². The fourth-order valence-electron chi connectivity index (χ4n) is 2.34. The predicted molar refractivity (Wildman–Crippen MR) is 91.0 cm³/mol. The van der Waals surface area contributed by atoms with Crippen molar-refractivity contribution in [2.45, 2.75) is 12.3 Å². The third-order valence-corrected chi connectivity index (χ3v) is 3.78. The van der Waals surface area contributed by atoms with Gasteiger partial charge in [0.2, 0.25) is 5.88 Å². The molecule has 0 spiro atoms. The van der Waals surface area contributed by atoms with Crippen molar-refractivity contribution in [3.63, 3.8) is 0 Å². The van der Waals surface area contributed by atoms with Crippen LogP contribution < -0.4 is 4.74 Å². The number of aliphatic hydroxyl groups is 2. The summed E-state index contributed by atoms with van der Waals surface area (Å²) in [5.41, 5.74) is 1.03. The average molecular weight is 376 g/mol. The maximum atomic E-state index is 12.5. The largest absolute Gasteiger partial charge is 0.439 e. The molecule has 0 amide bonds. The Labute approximate surface area is 152 Å². The molecule has 0 aliphatic carbocycles. The molecule has 0 unspecified atom stereocenters. The zero-order valence-corrected chi connectivity index (χ0v) is 13.9. The van der Waals surface area contributed by atoms with E-state index in [0.29, 0.717) is 23.2 Å². The van der Waals surface area contributed by atoms with E-state index >= 15 is 0 Å². The van der Waals surface area contributed by atoms with Crippen LogP contribution >= 0.6 is 0 Å². The average Bonchev–Trinajstić information content (AvgIpc) is 2.68. The molecule has 0 saturated carbocycles. The first-order valence-electron chi connectivity index (χ1n) is 7.93. The van der Waals surface area contributed by atoms with Crippen molar-refractivity contribution in [3.8, 4) is 22.9 Å². The molecule has 8 heteroatoms. The maximum Gasteiger partial charge on any atom is 0.417 e. The molecule has 27 heavy (non-hydrogen) atoms. The Hall–Kier alpha value is -2.97. The first kappa shape index (κ1) is 18.8. The number of ether oxygens (including phenoxy) is 1. The van der Waals surface area contributed by atoms with E-state index < -0.39 is 24.5 Å². The van der Waals surface area contributed by atoms with Crippen molar-refractivity contribution < 1.29 is 28.1 Å². The third kappa shape index (κ3) is 4.60. The van der Waals surface area contributed by atoms with Crippen LogP contribution in [0, 0.1) is 0 Å². The van der Waals surface area contributed by atoms with Crippen molar-refractivity contribution in [3.05, 3.63) is 72.1 Å². The summed E-state index contributed by atoms with van der Waals surface area (Å²) in [5, 5.41) is 18.7. The Morgan fingerprint density at radius 3 is 2.33 bits per heavy atom. The molecule has 2 aromatic heterocycles. The van der Waals surface area contributed by atoms with Crippen LogP contribution in [0.5, 0.6) is 11.6 Å². The summed E-state index contributed by atoms with van der Waals surface area (Å²) in [4.78, 5) is 7.88. The second kappa shape index (κ2) is 7.73. The van der Waals surface area contributed by atoms with Gasteiger partial charge in [0.05, 0.1) is 17.9 Å². The summed E-state index contributed by atoms with van der Waals surface area (Å²) in [6, 6.07) is 12.0. The minimum Gasteiger partial charge on any atom is -0.439 e. The molecule has 3 aromatic rings. The van der Waals surface area contributed by atoms with Crippen LogP contribution in [0.1, 0.15) is 17.2 Å². The zero-order chi connectivity index (χ0) is 19.4. The number of nitrogens with zero attached hydrogens (tertiary/aromatic N) is 2. The van der Waals surface area contributed by atoms with E-state index in [1.54, 1.807) is 36.4 Å². The lowest BCUT2D eigenvalue weighted by atomic mass is 10.1. The monoisotopic (exact) mass is 376 g/mol. The van der Waals surface area contributed by atoms with Gasteiger partial charge in [0.15, 0.2) is 0 Å². The Morgan fingerprint density at radius 1 is 1.00 bits per heavy atom. The molecule has 0 fully saturated rings. The summed E-state index contributed by atoms with van der Waals surface area (Å²) >= 11 is 0. The maximum absolute atomic E-state index is 12.5. The molecule has 1 atom stereocenters. The molecule has 1 aromatic carbocycles. The Kier molecular flexibility index (Phi) is 5.38. The molecular weight excluding hydrogens is 361 g/mol. The van der Waals surface area contributed by atoms with E-state index in [1.165, 1.54) is 6.20 Å². The van der Waals surface area contributed by atoms with Gasteiger partial charge in [0.25, 0.3) is 0 Å². The molecular formula is C19H15F3N2O3. The van der Waals surface area contributed by atoms with E-state index in [-0.39, 0.29) is 5.88 Å². The molecule has 0 aliphatic heterocycles. The number of alkyl halides is 3. The Morgan fingerprint density at radius 2 is 1.74 bits per heavy atom. The number of aromatic nitrogens is 2. The fraction of sp³-hybridized carbons (Fsp3) is 0.158. The smallest absolute Gasteiger partial charge is 0.417 e. The standard InChI is InChI=1S/C19H15F3N2O3/c20-19(21,22)14-3-6-18(24-10-14)27-15-4-1-12(2-5-15)16-9-13(7-8-23-16)17(26)11-25/h1-10,17,25-26H,11H2/t17-/m0/s1. The normalized spacial score (nSPS) is 12.6. The Balaban J connectivity index is 1.74. The van der Waals surface area contributed by atoms with E-state index in [1.807, 2.05) is 0 Å². The van der Waals surface area contributed by atoms with Gasteiger partial charge < -0.3 is 14.9 Å². The van der Waals surface area contributed by atoms with E-state index in [0.717, 1.165) is 17.7 Å². The molecule has 140 valence electrons. The van der Waals surface area contributed by atoms with Crippen molar-refractivity contribution in [2.24, 2.45) is 0 Å². The number of pyridine rings is 2. The molecule has 0 radical (unpaired) electrons. The summed E-state index contributed by atoms with van der Waals surface area (Å²) in [7, 11) is 0. The van der Waals surface area contributed by atoms with Crippen molar-refractivity contribution in [1.29, 1.82) is 0 Å². The second-order valence-electron chi connectivity index (χ2n) is 5.68. The van der Waals surface area contributed by atoms with Crippen LogP contribution in [-0.2, 0) is 6.18 Å². The van der Waals surface area contributed by atoms with Crippen molar-refractivity contribution >= 4 is 0 Å². The Bertz CT molecular complexity index is 897. The summed E-state index contributed by atoms with van der Waals surface area (Å²) in [5.74, 6) is 0.444. The van der Waals surface area contributed by atoms with Crippen LogP contribution in [0.15, 0.2) is 60.9 Å². The van der Waals surface area contributed by atoms with E-state index in [4.69, 9.17) is 9.84 Å². The predicted octanol–water partition coefficient (Wildman–Crippen LogP) is 3.98. The molecule has 0 aliphatic rings. The van der Waals surface area contributed by atoms with Crippen LogP contribution in [0.2, 0.25) is 0 Å². The number of hydrogen-bond acceptors (Lipinski definition) is 5. The third-order valence-electron chi connectivity index (χ3n) is 3.78. The zero-order valence-electron chi connectivity index (χ0n) is 13.9. The van der Waals surface area contributed by atoms with Crippen LogP contribution in [0.25, 0.3) is 11.3 Å². The van der Waals surface area contributed by atoms with Gasteiger partial charge in [-0.1, -0.05) is 0 Å². The van der Waals surface area contributed by atoms with Gasteiger partial charge in [-0.2, -0.15) is 13.2 Å². The minimum atomic E-state index is -4.45. The number of halogens is 3. The molecule has 2 heterocycles. The van der Waals surface area contributed by atoms with Gasteiger partial charge >= 0.3 is 6.18 Å². The first-order valence-corrected chi connectivity index (χ1v) is 7.93. The van der Waals surface area contributed by atoms with Gasteiger partial charge in [-0.05, 0) is 48.0 Å². The molecule has 0 saturated heterocycles. The highest BCUT2D eigenvalue weighted by Crippen LogP contribution is 2.30. The highest BCUT2D eigenvalue weighted by atomic mass is 19.4. The topological polar surface area (TPSA) is 75.5 Å². The lowest BCUT2D eigenvalue weighted by molar-refractivity contribution is -0.137. The quantitative estimate of drug-likeness (QED) is 0.705. The molecule has 3 rings (SSSR count). The number of aliphatic hydroxyl groups excluding tert-OH is 2. The number of benzene rings is 1. The SMILES string of the molecule is OC[C@H](O)c1ccnc(-c2ccc(Oc3ccc(C(F)(F)F)cn3)cc2)c1. The second-order valence-corrected chi connectivity index (χ2v) is 5.68. The highest BCUT2D eigenvalue weighted by Gasteiger charge is 2.30. The minimum absolute atomic E-state index is 0.0435. The van der Waals surface area contributed by atoms with Gasteiger partial charge in [-0.3, -0.25) is 4.98 Å². The summed E-state index contributed by atoms with van der Waals surface area (Å²) < 4.78 is 43.1. The van der Waals surface area contributed by atoms with Crippen molar-refractivity contribution in [2.75, 3.05) is 6.61 Å².